The predicted molar refractivity (Wildman–Crippen MR) is 332 cm³/mol. The summed E-state index contributed by atoms with van der Waals surface area (Å²) in [6.07, 6.45) is 1.72. The SMILES string of the molecule is [2H]C([2H])([2H])c1cc(-n2c3[c-]c(Oc4[c-]c(N5[CH-]N(c6c(-c7ccccc7)cc(C(C)(C)C)cc6-c6cc(C(C)(C)C)cc(C(C)(C)C)c6)c6ccccc65)ccc4)cc4c3c3c(cccc32)C4(C)C)ncc1-c1ccc(C(C)(C)C)cc1.[Pt]. The molecule has 0 N–H and O–H groups in total. The van der Waals surface area contributed by atoms with E-state index in [1.165, 1.54) is 33.4 Å². The second-order valence-electron chi connectivity index (χ2n) is 26.5. The number of anilines is 4. The third kappa shape index (κ3) is 9.47. The molecule has 8 aromatic carbocycles. The van der Waals surface area contributed by atoms with Crippen molar-refractivity contribution in [3.05, 3.63) is 222 Å². The van der Waals surface area contributed by atoms with Crippen LogP contribution in [0, 0.1) is 25.7 Å². The van der Waals surface area contributed by atoms with Crippen molar-refractivity contribution in [3.63, 3.8) is 0 Å². The maximum Gasteiger partial charge on any atom is 0.135 e. The van der Waals surface area contributed by atoms with Crippen molar-refractivity contribution in [2.75, 3.05) is 9.80 Å². The van der Waals surface area contributed by atoms with Crippen LogP contribution in [0.25, 0.3) is 61.0 Å². The van der Waals surface area contributed by atoms with Crippen LogP contribution in [0.4, 0.5) is 22.7 Å². The van der Waals surface area contributed by atoms with Crippen LogP contribution in [0.15, 0.2) is 164 Å². The minimum atomic E-state index is -2.41. The molecule has 2 aromatic heterocycles. The number of benzene rings is 8. The summed E-state index contributed by atoms with van der Waals surface area (Å²) < 4.78 is 35.4. The van der Waals surface area contributed by atoms with Crippen molar-refractivity contribution in [2.24, 2.45) is 0 Å². The number of hydrogen-bond acceptors (Lipinski definition) is 4. The standard InChI is InChI=1S/C74H73N4O.Pt/c1-46-35-66(75-44-59(46)48-31-33-50(34-32-48)70(2,3)4)78-64-30-22-27-60-67(64)68-61(74(60,14)15)42-56(43-65(68)78)79-55-26-21-25-54(41-55)76-45-77(63-29-20-19-28-62(63)76)69-57(47-23-17-16-18-24-47)39-53(73(11,12)13)40-58(69)49-36-51(71(5,6)7)38-52(37-49)72(8,9)10;/h16-40,42,44-45H,1-15H3;/q-3;/i1D3;. The first kappa shape index (κ1) is 51.0. The number of hydrogen-bond donors (Lipinski definition) is 0. The van der Waals surface area contributed by atoms with Gasteiger partial charge >= 0.3 is 0 Å². The molecule has 0 amide bonds. The van der Waals surface area contributed by atoms with E-state index in [0.717, 1.165) is 72.4 Å². The molecule has 12 rings (SSSR count). The first-order chi connectivity index (χ1) is 38.6. The molecule has 0 radical (unpaired) electrons. The summed E-state index contributed by atoms with van der Waals surface area (Å²) in [5, 5.41) is 2.18. The first-order valence-electron chi connectivity index (χ1n) is 29.3. The van der Waals surface area contributed by atoms with Gasteiger partial charge in [-0.1, -0.05) is 205 Å². The molecule has 1 aliphatic carbocycles. The normalized spacial score (nSPS) is 14.8. The Hall–Kier alpha value is -7.20. The molecule has 80 heavy (non-hydrogen) atoms. The summed E-state index contributed by atoms with van der Waals surface area (Å²) in [5.74, 6) is 1.55. The number of nitrogens with zero attached hydrogens (tertiary/aromatic N) is 4. The van der Waals surface area contributed by atoms with Crippen LogP contribution >= 0.6 is 0 Å². The Labute approximate surface area is 494 Å². The molecule has 10 aromatic rings. The van der Waals surface area contributed by atoms with Gasteiger partial charge in [0.2, 0.25) is 0 Å². The molecule has 0 unspecified atom stereocenters. The number of ether oxygens (including phenoxy) is 1. The van der Waals surface area contributed by atoms with Crippen LogP contribution < -0.4 is 14.5 Å². The van der Waals surface area contributed by atoms with Gasteiger partial charge in [-0.15, -0.1) is 48.3 Å². The predicted octanol–water partition coefficient (Wildman–Crippen LogP) is 20.1. The van der Waals surface area contributed by atoms with Crippen LogP contribution in [0.2, 0.25) is 0 Å². The summed E-state index contributed by atoms with van der Waals surface area (Å²) in [6, 6.07) is 63.3. The van der Waals surface area contributed by atoms with Crippen LogP contribution in [-0.2, 0) is 48.1 Å². The summed E-state index contributed by atoms with van der Waals surface area (Å²) in [6.45, 7) is 31.6. The number of pyridine rings is 1. The molecule has 2 aliphatic rings. The van der Waals surface area contributed by atoms with Gasteiger partial charge in [0, 0.05) is 82.1 Å². The molecule has 0 atom stereocenters. The van der Waals surface area contributed by atoms with E-state index in [4.69, 9.17) is 13.8 Å². The molecule has 5 nitrogen and oxygen atoms in total. The topological polar surface area (TPSA) is 33.5 Å². The van der Waals surface area contributed by atoms with Crippen LogP contribution in [0.3, 0.4) is 0 Å². The summed E-state index contributed by atoms with van der Waals surface area (Å²) >= 11 is 0. The number of fused-ring (bicyclic) bond motifs is 1. The van der Waals surface area contributed by atoms with Gasteiger partial charge in [0.15, 0.2) is 0 Å². The largest absolute Gasteiger partial charge is 0.509 e. The second kappa shape index (κ2) is 19.5. The minimum absolute atomic E-state index is 0. The Bertz CT molecular complexity index is 4130. The zero-order chi connectivity index (χ0) is 58.2. The van der Waals surface area contributed by atoms with Crippen molar-refractivity contribution >= 4 is 44.6 Å². The molecule has 6 heteroatoms. The number of aryl methyl sites for hydroxylation is 1. The molecule has 0 bridgehead atoms. The Morgan fingerprint density at radius 2 is 1.10 bits per heavy atom. The fourth-order valence-corrected chi connectivity index (χ4v) is 11.7. The fourth-order valence-electron chi connectivity index (χ4n) is 11.7. The molecular weight excluding hydrogens is 1160 g/mol. The van der Waals surface area contributed by atoms with Gasteiger partial charge in [-0.2, -0.15) is 6.07 Å². The van der Waals surface area contributed by atoms with Crippen molar-refractivity contribution < 1.29 is 29.9 Å². The quantitative estimate of drug-likeness (QED) is 0.142. The molecule has 3 heterocycles. The van der Waals surface area contributed by atoms with Crippen LogP contribution in [0.1, 0.15) is 140 Å². The van der Waals surface area contributed by atoms with Crippen molar-refractivity contribution in [1.82, 2.24) is 9.55 Å². The van der Waals surface area contributed by atoms with Gasteiger partial charge in [0.1, 0.15) is 5.82 Å². The smallest absolute Gasteiger partial charge is 0.135 e. The van der Waals surface area contributed by atoms with E-state index in [-0.39, 0.29) is 53.7 Å². The molecular formula is C74H73N4OPt-3. The van der Waals surface area contributed by atoms with E-state index in [1.807, 2.05) is 24.3 Å². The third-order valence-corrected chi connectivity index (χ3v) is 16.4. The van der Waals surface area contributed by atoms with Gasteiger partial charge in [-0.25, -0.2) is 4.98 Å². The van der Waals surface area contributed by atoms with E-state index in [1.54, 1.807) is 12.3 Å². The van der Waals surface area contributed by atoms with Gasteiger partial charge in [0.05, 0.1) is 0 Å². The Balaban J connectivity index is 0.00000721. The molecule has 0 saturated heterocycles. The van der Waals surface area contributed by atoms with E-state index in [9.17, 15) is 0 Å². The van der Waals surface area contributed by atoms with Gasteiger partial charge in [0.25, 0.3) is 0 Å². The van der Waals surface area contributed by atoms with Gasteiger partial charge in [-0.3, -0.25) is 0 Å². The summed E-state index contributed by atoms with van der Waals surface area (Å²) in [4.78, 5) is 9.66. The number of aromatic nitrogens is 2. The van der Waals surface area contributed by atoms with Crippen LogP contribution in [0.5, 0.6) is 11.5 Å². The first-order valence-corrected chi connectivity index (χ1v) is 27.8. The number of rotatable bonds is 8. The van der Waals surface area contributed by atoms with Crippen LogP contribution in [-0.4, -0.2) is 9.55 Å². The van der Waals surface area contributed by atoms with E-state index < -0.39 is 6.85 Å². The average molecular weight is 1230 g/mol. The van der Waals surface area contributed by atoms with E-state index in [2.05, 4.69) is 257 Å². The summed E-state index contributed by atoms with van der Waals surface area (Å²) in [5.41, 5.74) is 18.5. The van der Waals surface area contributed by atoms with Gasteiger partial charge < -0.3 is 19.1 Å². The monoisotopic (exact) mass is 1230 g/mol. The van der Waals surface area contributed by atoms with E-state index >= 15 is 0 Å². The molecule has 1 aliphatic heterocycles. The maximum absolute atomic E-state index is 8.81. The molecule has 0 spiro atoms. The van der Waals surface area contributed by atoms with Crippen molar-refractivity contribution in [3.8, 4) is 50.7 Å². The Kier molecular flexibility index (Phi) is 12.4. The Morgan fingerprint density at radius 1 is 0.512 bits per heavy atom. The van der Waals surface area contributed by atoms with E-state index in [0.29, 0.717) is 22.9 Å². The molecule has 408 valence electrons. The van der Waals surface area contributed by atoms with Crippen molar-refractivity contribution in [1.29, 1.82) is 0 Å². The minimum Gasteiger partial charge on any atom is -0.509 e. The zero-order valence-electron chi connectivity index (χ0n) is 51.7. The molecule has 0 fully saturated rings. The second-order valence-corrected chi connectivity index (χ2v) is 26.5. The maximum atomic E-state index is 8.81. The molecule has 0 saturated carbocycles. The van der Waals surface area contributed by atoms with Gasteiger partial charge in [-0.05, 0) is 126 Å². The number of para-hydroxylation sites is 2. The third-order valence-electron chi connectivity index (χ3n) is 16.4. The average Bonchev–Trinajstić information content (AvgIpc) is 1.63. The zero-order valence-corrected chi connectivity index (χ0v) is 51.0. The Morgan fingerprint density at radius 3 is 1.74 bits per heavy atom. The summed E-state index contributed by atoms with van der Waals surface area (Å²) in [7, 11) is 0. The fraction of sp³-hybridized carbons (Fsp3) is 0.270. The van der Waals surface area contributed by atoms with Crippen molar-refractivity contribution in [2.45, 2.75) is 131 Å².